The van der Waals surface area contributed by atoms with Crippen LogP contribution in [0, 0.1) is 0 Å². The average molecular weight is 471 g/mol. The lowest BCUT2D eigenvalue weighted by atomic mass is 9.97. The minimum atomic E-state index is -4.44. The summed E-state index contributed by atoms with van der Waals surface area (Å²) in [6.45, 7) is 3.71. The quantitative estimate of drug-likeness (QED) is 0.492. The van der Waals surface area contributed by atoms with E-state index in [9.17, 15) is 21.6 Å². The molecule has 0 saturated heterocycles. The molecule has 0 aromatic heterocycles. The number of benzene rings is 2. The van der Waals surface area contributed by atoms with Crippen LogP contribution in [0.2, 0.25) is 0 Å². The van der Waals surface area contributed by atoms with Gasteiger partial charge in [-0.3, -0.25) is 0 Å². The van der Waals surface area contributed by atoms with Gasteiger partial charge in [0.2, 0.25) is 10.0 Å². The van der Waals surface area contributed by atoms with Gasteiger partial charge >= 0.3 is 6.18 Å². The fourth-order valence-electron chi connectivity index (χ4n) is 3.91. The van der Waals surface area contributed by atoms with Crippen molar-refractivity contribution in [3.8, 4) is 0 Å². The third-order valence-electron chi connectivity index (χ3n) is 5.56. The monoisotopic (exact) mass is 470 g/mol. The number of aliphatic hydroxyl groups is 1. The second-order valence-electron chi connectivity index (χ2n) is 8.53. The Hall–Kier alpha value is -1.94. The van der Waals surface area contributed by atoms with Crippen molar-refractivity contribution in [3.05, 3.63) is 69.8 Å². The zero-order chi connectivity index (χ0) is 23.5. The maximum atomic E-state index is 13.4. The molecule has 1 aliphatic carbocycles. The molecule has 0 spiro atoms. The molecule has 1 unspecified atom stereocenters. The Labute approximate surface area is 187 Å². The molecule has 9 heteroatoms. The van der Waals surface area contributed by atoms with Crippen molar-refractivity contribution in [2.75, 3.05) is 13.2 Å². The van der Waals surface area contributed by atoms with E-state index < -0.39 is 27.0 Å². The number of hydrogen-bond acceptors (Lipinski definition) is 4. The van der Waals surface area contributed by atoms with E-state index >= 15 is 0 Å². The van der Waals surface area contributed by atoms with Crippen molar-refractivity contribution in [3.63, 3.8) is 0 Å². The molecule has 0 saturated carbocycles. The fraction of sp³-hybridized carbons (Fsp3) is 0.478. The van der Waals surface area contributed by atoms with E-state index in [0.717, 1.165) is 22.8 Å². The highest BCUT2D eigenvalue weighted by Gasteiger charge is 2.31. The molecular formula is C23H29F3N2O3S. The first-order valence-electron chi connectivity index (χ1n) is 10.6. The van der Waals surface area contributed by atoms with Gasteiger partial charge in [-0.05, 0) is 73.1 Å². The summed E-state index contributed by atoms with van der Waals surface area (Å²) in [6.07, 6.45) is -2.94. The number of hydrogen-bond donors (Lipinski definition) is 3. The van der Waals surface area contributed by atoms with Crippen molar-refractivity contribution >= 4 is 10.0 Å². The summed E-state index contributed by atoms with van der Waals surface area (Å²) in [5.74, 6) is 0. The SMILES string of the molecule is CC(C)S(=O)(=O)NC1Cc2ccc(Cc3cc(CNCCO)cc(C(F)(F)F)c3)cc2C1. The van der Waals surface area contributed by atoms with Gasteiger partial charge in [-0.15, -0.1) is 0 Å². The molecular weight excluding hydrogens is 441 g/mol. The number of nitrogens with one attached hydrogen (secondary N) is 2. The Bertz CT molecular complexity index is 1050. The van der Waals surface area contributed by atoms with Gasteiger partial charge in [-0.1, -0.05) is 24.3 Å². The lowest BCUT2D eigenvalue weighted by Gasteiger charge is -2.14. The number of halogens is 3. The number of fused-ring (bicyclic) bond motifs is 1. The van der Waals surface area contributed by atoms with Crippen LogP contribution < -0.4 is 10.0 Å². The van der Waals surface area contributed by atoms with Gasteiger partial charge in [0.1, 0.15) is 0 Å². The molecule has 176 valence electrons. The van der Waals surface area contributed by atoms with Gasteiger partial charge in [0, 0.05) is 19.1 Å². The summed E-state index contributed by atoms with van der Waals surface area (Å²) in [7, 11) is -3.37. The highest BCUT2D eigenvalue weighted by atomic mass is 32.2. The third-order valence-corrected chi connectivity index (χ3v) is 7.46. The van der Waals surface area contributed by atoms with Gasteiger partial charge in [0.15, 0.2) is 0 Å². The predicted molar refractivity (Wildman–Crippen MR) is 118 cm³/mol. The van der Waals surface area contributed by atoms with Gasteiger partial charge in [-0.2, -0.15) is 13.2 Å². The molecule has 0 aliphatic heterocycles. The summed E-state index contributed by atoms with van der Waals surface area (Å²) in [5, 5.41) is 11.3. The van der Waals surface area contributed by atoms with E-state index in [1.165, 1.54) is 6.07 Å². The molecule has 5 nitrogen and oxygen atoms in total. The summed E-state index contributed by atoms with van der Waals surface area (Å²) >= 11 is 0. The van der Waals surface area contributed by atoms with E-state index in [-0.39, 0.29) is 19.2 Å². The van der Waals surface area contributed by atoms with Crippen molar-refractivity contribution in [2.45, 2.75) is 57.1 Å². The Balaban J connectivity index is 1.77. The molecule has 2 aromatic carbocycles. The first-order chi connectivity index (χ1) is 15.0. The molecule has 32 heavy (non-hydrogen) atoms. The van der Waals surface area contributed by atoms with Crippen molar-refractivity contribution < 1.29 is 26.7 Å². The zero-order valence-electron chi connectivity index (χ0n) is 18.2. The van der Waals surface area contributed by atoms with Crippen molar-refractivity contribution in [2.24, 2.45) is 0 Å². The summed E-state index contributed by atoms with van der Waals surface area (Å²) in [5.41, 5.74) is 3.33. The maximum absolute atomic E-state index is 13.4. The van der Waals surface area contributed by atoms with Gasteiger partial charge < -0.3 is 10.4 Å². The normalized spacial score (nSPS) is 16.5. The highest BCUT2D eigenvalue weighted by Crippen LogP contribution is 2.32. The molecule has 0 bridgehead atoms. The van der Waals surface area contributed by atoms with Crippen LogP contribution in [0.4, 0.5) is 13.2 Å². The minimum absolute atomic E-state index is 0.0880. The Morgan fingerprint density at radius 1 is 1.03 bits per heavy atom. The Kier molecular flexibility index (Phi) is 7.65. The lowest BCUT2D eigenvalue weighted by Crippen LogP contribution is -2.39. The van der Waals surface area contributed by atoms with Crippen molar-refractivity contribution in [1.82, 2.24) is 10.0 Å². The molecule has 0 heterocycles. The lowest BCUT2D eigenvalue weighted by molar-refractivity contribution is -0.137. The summed E-state index contributed by atoms with van der Waals surface area (Å²) in [4.78, 5) is 0. The van der Waals surface area contributed by atoms with Gasteiger partial charge in [-0.25, -0.2) is 13.1 Å². The van der Waals surface area contributed by atoms with Crippen LogP contribution in [0.1, 0.15) is 47.2 Å². The molecule has 1 atom stereocenters. The Morgan fingerprint density at radius 3 is 2.38 bits per heavy atom. The standard InChI is InChI=1S/C23H29F3N2O3S/c1-15(2)32(30,31)28-22-12-19-4-3-16(9-20(19)13-22)7-17-8-18(14-27-5-6-29)11-21(10-17)23(24,25)26/h3-4,8-11,15,22,27-29H,5-7,12-14H2,1-2H3. The van der Waals surface area contributed by atoms with Crippen molar-refractivity contribution in [1.29, 1.82) is 0 Å². The first-order valence-corrected chi connectivity index (χ1v) is 12.2. The van der Waals surface area contributed by atoms with Crippen LogP contribution >= 0.6 is 0 Å². The minimum Gasteiger partial charge on any atom is -0.395 e. The second-order valence-corrected chi connectivity index (χ2v) is 10.8. The number of rotatable bonds is 9. The van der Waals surface area contributed by atoms with E-state index in [1.54, 1.807) is 19.9 Å². The average Bonchev–Trinajstić information content (AvgIpc) is 3.08. The third kappa shape index (κ3) is 6.31. The highest BCUT2D eigenvalue weighted by molar-refractivity contribution is 7.90. The Morgan fingerprint density at radius 2 is 1.72 bits per heavy atom. The zero-order valence-corrected chi connectivity index (χ0v) is 19.0. The molecule has 0 radical (unpaired) electrons. The van der Waals surface area contributed by atoms with E-state index in [0.29, 0.717) is 36.9 Å². The molecule has 3 N–H and O–H groups in total. The molecule has 0 fully saturated rings. The molecule has 1 aliphatic rings. The van der Waals surface area contributed by atoms with Gasteiger partial charge in [0.05, 0.1) is 17.4 Å². The smallest absolute Gasteiger partial charge is 0.395 e. The van der Waals surface area contributed by atoms with Crippen LogP contribution in [0.5, 0.6) is 0 Å². The van der Waals surface area contributed by atoms with E-state index in [2.05, 4.69) is 10.0 Å². The summed E-state index contributed by atoms with van der Waals surface area (Å²) in [6, 6.07) is 9.62. The maximum Gasteiger partial charge on any atom is 0.416 e. The van der Waals surface area contributed by atoms with Crippen LogP contribution in [0.3, 0.4) is 0 Å². The van der Waals surface area contributed by atoms with E-state index in [1.807, 2.05) is 18.2 Å². The number of sulfonamides is 1. The van der Waals surface area contributed by atoms with Crippen LogP contribution in [-0.2, 0) is 42.0 Å². The largest absolute Gasteiger partial charge is 0.416 e. The van der Waals surface area contributed by atoms with Crippen LogP contribution in [0.15, 0.2) is 36.4 Å². The van der Waals surface area contributed by atoms with Crippen LogP contribution in [0.25, 0.3) is 0 Å². The fourth-order valence-corrected chi connectivity index (χ4v) is 4.81. The first kappa shape index (κ1) is 24.7. The number of alkyl halides is 3. The predicted octanol–water partition coefficient (Wildman–Crippen LogP) is 3.17. The second kappa shape index (κ2) is 9.91. The topological polar surface area (TPSA) is 78.4 Å². The van der Waals surface area contributed by atoms with E-state index in [4.69, 9.17) is 5.11 Å². The molecule has 3 rings (SSSR count). The van der Waals surface area contributed by atoms with Gasteiger partial charge in [0.25, 0.3) is 0 Å². The summed E-state index contributed by atoms with van der Waals surface area (Å²) < 4.78 is 67.2. The van der Waals surface area contributed by atoms with Crippen LogP contribution in [-0.4, -0.2) is 38.0 Å². The number of aliphatic hydroxyl groups excluding tert-OH is 1. The molecule has 2 aromatic rings. The molecule has 0 amide bonds.